The molecule has 0 saturated heterocycles. The Balaban J connectivity index is 3.97. The smallest absolute Gasteiger partial charge is 0.425 e. The van der Waals surface area contributed by atoms with Gasteiger partial charge in [-0.3, -0.25) is 0 Å². The van der Waals surface area contributed by atoms with Crippen molar-refractivity contribution in [3.63, 3.8) is 0 Å². The largest absolute Gasteiger partial charge is 0.482 e. The van der Waals surface area contributed by atoms with E-state index in [4.69, 9.17) is 10.0 Å². The average molecular weight is 127 g/mol. The lowest BCUT2D eigenvalue weighted by Crippen LogP contribution is -2.26. The summed E-state index contributed by atoms with van der Waals surface area (Å²) in [6, 6.07) is 0. The zero-order valence-electron chi connectivity index (χ0n) is 4.69. The minimum atomic E-state index is -1.66. The van der Waals surface area contributed by atoms with Crippen LogP contribution in [0.5, 0.6) is 0 Å². The molecule has 5 heteroatoms. The fourth-order valence-corrected chi connectivity index (χ4v) is 0.302. The van der Waals surface area contributed by atoms with Crippen LogP contribution in [-0.4, -0.2) is 29.2 Å². The van der Waals surface area contributed by atoms with Crippen LogP contribution in [0.3, 0.4) is 0 Å². The first kappa shape index (κ1) is 8.10. The Bertz CT molecular complexity index is 141. The number of carbonyl (C=O) groups excluding carboxylic acids is 1. The molecule has 0 saturated carbocycles. The van der Waals surface area contributed by atoms with Crippen LogP contribution in [0.4, 0.5) is 0 Å². The van der Waals surface area contributed by atoms with Crippen LogP contribution in [0.2, 0.25) is 0 Å². The molecule has 0 fully saturated rings. The van der Waals surface area contributed by atoms with Crippen LogP contribution in [-0.2, 0) is 4.79 Å². The van der Waals surface area contributed by atoms with Gasteiger partial charge in [0.25, 0.3) is 0 Å². The first-order valence-electron chi connectivity index (χ1n) is 2.28. The Labute approximate surface area is 52.7 Å². The van der Waals surface area contributed by atoms with Crippen LogP contribution >= 0.6 is 0 Å². The predicted molar refractivity (Wildman–Crippen MR) is 32.3 cm³/mol. The third-order valence-corrected chi connectivity index (χ3v) is 0.749. The van der Waals surface area contributed by atoms with Gasteiger partial charge in [-0.2, -0.15) is 0 Å². The first-order chi connectivity index (χ1) is 4.22. The molecule has 48 valence electrons. The van der Waals surface area contributed by atoms with E-state index in [0.29, 0.717) is 0 Å². The third-order valence-electron chi connectivity index (χ3n) is 0.749. The molecule has 0 radical (unpaired) electrons. The summed E-state index contributed by atoms with van der Waals surface area (Å²) in [4.78, 5) is 12.5. The number of rotatable bonds is 3. The van der Waals surface area contributed by atoms with E-state index < -0.39 is 13.1 Å². The van der Waals surface area contributed by atoms with Crippen molar-refractivity contribution >= 4 is 13.2 Å². The van der Waals surface area contributed by atoms with Crippen LogP contribution < -0.4 is 0 Å². The molecule has 4 nitrogen and oxygen atoms in total. The Kier molecular flexibility index (Phi) is 3.63. The van der Waals surface area contributed by atoms with Gasteiger partial charge < -0.3 is 10.0 Å². The number of nitrogens with zero attached hydrogens (tertiary/aromatic N) is 1. The average Bonchev–Trinajstić information content (AvgIpc) is 1.82. The summed E-state index contributed by atoms with van der Waals surface area (Å²) in [6.45, 7) is 3.21. The van der Waals surface area contributed by atoms with Gasteiger partial charge in [-0.15, -0.1) is 6.58 Å². The van der Waals surface area contributed by atoms with E-state index >= 15 is 0 Å². The Morgan fingerprint density at radius 1 is 1.78 bits per heavy atom. The number of isocyanates is 1. The molecule has 0 aromatic heterocycles. The van der Waals surface area contributed by atoms with Crippen LogP contribution in [0, 0.1) is 0 Å². The summed E-state index contributed by atoms with van der Waals surface area (Å²) in [5.41, 5.74) is 0. The van der Waals surface area contributed by atoms with Gasteiger partial charge in [-0.1, -0.05) is 6.08 Å². The molecule has 0 aliphatic carbocycles. The number of hydrogen-bond donors (Lipinski definition) is 2. The van der Waals surface area contributed by atoms with E-state index in [0.717, 1.165) is 6.08 Å². The van der Waals surface area contributed by atoms with Gasteiger partial charge in [0.2, 0.25) is 6.08 Å². The van der Waals surface area contributed by atoms with Crippen LogP contribution in [0.15, 0.2) is 17.6 Å². The molecule has 0 bridgehead atoms. The van der Waals surface area contributed by atoms with Crippen molar-refractivity contribution in [2.24, 2.45) is 4.99 Å². The van der Waals surface area contributed by atoms with Crippen molar-refractivity contribution in [1.29, 1.82) is 0 Å². The SMILES string of the molecule is C=CC(N=C=O)B(O)O. The monoisotopic (exact) mass is 127 g/mol. The summed E-state index contributed by atoms with van der Waals surface area (Å²) >= 11 is 0. The minimum Gasteiger partial charge on any atom is -0.425 e. The zero-order chi connectivity index (χ0) is 7.28. The maximum absolute atomic E-state index is 9.52. The van der Waals surface area contributed by atoms with Gasteiger partial charge in [-0.25, -0.2) is 9.79 Å². The molecule has 0 aliphatic rings. The molecule has 1 atom stereocenters. The fraction of sp³-hybridized carbons (Fsp3) is 0.250. The summed E-state index contributed by atoms with van der Waals surface area (Å²) < 4.78 is 0. The summed E-state index contributed by atoms with van der Waals surface area (Å²) in [7, 11) is -1.66. The second-order valence-corrected chi connectivity index (χ2v) is 1.36. The van der Waals surface area contributed by atoms with Crippen molar-refractivity contribution < 1.29 is 14.8 Å². The maximum Gasteiger partial charge on any atom is 0.482 e. The van der Waals surface area contributed by atoms with Crippen molar-refractivity contribution in [1.82, 2.24) is 0 Å². The standard InChI is InChI=1S/C4H6BNO3/c1-2-4(5(8)9)6-3-7/h2,4,8-9H,1H2. The Hall–Kier alpha value is -0.895. The summed E-state index contributed by atoms with van der Waals surface area (Å²) in [5, 5.41) is 16.7. The van der Waals surface area contributed by atoms with Gasteiger partial charge in [-0.05, 0) is 0 Å². The number of aliphatic imine (C=N–C) groups is 1. The fourth-order valence-electron chi connectivity index (χ4n) is 0.302. The summed E-state index contributed by atoms with van der Waals surface area (Å²) in [6.07, 6.45) is 2.33. The molecule has 0 amide bonds. The van der Waals surface area contributed by atoms with Gasteiger partial charge >= 0.3 is 7.12 Å². The topological polar surface area (TPSA) is 69.9 Å². The van der Waals surface area contributed by atoms with Gasteiger partial charge in [0.05, 0.1) is 0 Å². The van der Waals surface area contributed by atoms with E-state index in [1.165, 1.54) is 6.08 Å². The maximum atomic E-state index is 9.52. The summed E-state index contributed by atoms with van der Waals surface area (Å²) in [5.74, 6) is -0.956. The molecule has 9 heavy (non-hydrogen) atoms. The third kappa shape index (κ3) is 2.82. The van der Waals surface area contributed by atoms with Gasteiger partial charge in [0.1, 0.15) is 5.94 Å². The van der Waals surface area contributed by atoms with Gasteiger partial charge in [0.15, 0.2) is 0 Å². The van der Waals surface area contributed by atoms with E-state index in [1.807, 2.05) is 0 Å². The normalized spacial score (nSPS) is 11.3. The Morgan fingerprint density at radius 3 is 2.44 bits per heavy atom. The molecular weight excluding hydrogens is 121 g/mol. The molecule has 0 aromatic rings. The van der Waals surface area contributed by atoms with Crippen molar-refractivity contribution in [2.45, 2.75) is 5.94 Å². The molecule has 0 rings (SSSR count). The quantitative estimate of drug-likeness (QED) is 0.218. The predicted octanol–water partition coefficient (Wildman–Crippen LogP) is -1.11. The van der Waals surface area contributed by atoms with E-state index in [1.54, 1.807) is 0 Å². The highest BCUT2D eigenvalue weighted by molar-refractivity contribution is 6.44. The highest BCUT2D eigenvalue weighted by atomic mass is 16.4. The number of hydrogen-bond acceptors (Lipinski definition) is 4. The second kappa shape index (κ2) is 4.03. The van der Waals surface area contributed by atoms with Crippen molar-refractivity contribution in [3.8, 4) is 0 Å². The lowest BCUT2D eigenvalue weighted by molar-refractivity contribution is 0.397. The lowest BCUT2D eigenvalue weighted by atomic mass is 9.80. The molecule has 0 heterocycles. The Morgan fingerprint density at radius 2 is 2.33 bits per heavy atom. The second-order valence-electron chi connectivity index (χ2n) is 1.36. The highest BCUT2D eigenvalue weighted by Gasteiger charge is 2.18. The minimum absolute atomic E-state index is 0.956. The molecule has 2 N–H and O–H groups in total. The lowest BCUT2D eigenvalue weighted by Gasteiger charge is -1.99. The molecule has 0 aliphatic heterocycles. The first-order valence-corrected chi connectivity index (χ1v) is 2.28. The molecule has 0 aromatic carbocycles. The van der Waals surface area contributed by atoms with Crippen molar-refractivity contribution in [3.05, 3.63) is 12.7 Å². The zero-order valence-corrected chi connectivity index (χ0v) is 4.69. The molecular formula is C4H6BNO3. The van der Waals surface area contributed by atoms with Crippen molar-refractivity contribution in [2.75, 3.05) is 0 Å². The highest BCUT2D eigenvalue weighted by Crippen LogP contribution is 1.90. The van der Waals surface area contributed by atoms with Crippen LogP contribution in [0.1, 0.15) is 0 Å². The van der Waals surface area contributed by atoms with Gasteiger partial charge in [0, 0.05) is 0 Å². The molecule has 1 unspecified atom stereocenters. The van der Waals surface area contributed by atoms with E-state index in [9.17, 15) is 4.79 Å². The van der Waals surface area contributed by atoms with E-state index in [-0.39, 0.29) is 0 Å². The van der Waals surface area contributed by atoms with Crippen LogP contribution in [0.25, 0.3) is 0 Å². The molecule has 0 spiro atoms. The van der Waals surface area contributed by atoms with E-state index in [2.05, 4.69) is 11.6 Å².